The first-order valence-corrected chi connectivity index (χ1v) is 8.63. The molecule has 0 amide bonds. The number of hydrogen-bond acceptors (Lipinski definition) is 4. The number of hydrogen-bond donors (Lipinski definition) is 1. The molecule has 21 heavy (non-hydrogen) atoms. The number of carboxylic acid groups (broad SMARTS) is 1. The van der Waals surface area contributed by atoms with Crippen molar-refractivity contribution in [2.24, 2.45) is 5.92 Å². The summed E-state index contributed by atoms with van der Waals surface area (Å²) < 4.78 is 0. The number of carbonyl (C=O) groups is 1. The molecule has 0 aromatic heterocycles. The summed E-state index contributed by atoms with van der Waals surface area (Å²) in [5.41, 5.74) is 0. The van der Waals surface area contributed by atoms with Gasteiger partial charge in [0.1, 0.15) is 0 Å². The summed E-state index contributed by atoms with van der Waals surface area (Å²) in [4.78, 5) is 18.1. The monoisotopic (exact) mass is 295 g/mol. The van der Waals surface area contributed by atoms with Gasteiger partial charge in [-0.3, -0.25) is 9.69 Å². The predicted octanol–water partition coefficient (Wildman–Crippen LogP) is 0.953. The summed E-state index contributed by atoms with van der Waals surface area (Å²) in [6.45, 7) is 7.95. The maximum absolute atomic E-state index is 10.8. The van der Waals surface area contributed by atoms with Crippen LogP contribution >= 0.6 is 0 Å². The van der Waals surface area contributed by atoms with Gasteiger partial charge in [0.2, 0.25) is 0 Å². The summed E-state index contributed by atoms with van der Waals surface area (Å²) in [7, 11) is 0. The van der Waals surface area contributed by atoms with Crippen molar-refractivity contribution in [2.45, 2.75) is 38.1 Å². The molecule has 0 aliphatic carbocycles. The number of fused-ring (bicyclic) bond motifs is 1. The molecular formula is C16H29N3O2. The smallest absolute Gasteiger partial charge is 0.317 e. The van der Waals surface area contributed by atoms with Gasteiger partial charge in [-0.25, -0.2) is 0 Å². The molecule has 5 nitrogen and oxygen atoms in total. The first kappa shape index (κ1) is 15.3. The van der Waals surface area contributed by atoms with E-state index in [2.05, 4.69) is 14.7 Å². The lowest BCUT2D eigenvalue weighted by Crippen LogP contribution is -2.54. The molecule has 3 rings (SSSR count). The molecule has 3 heterocycles. The fourth-order valence-electron chi connectivity index (χ4n) is 4.44. The Kier molecular flexibility index (Phi) is 5.14. The lowest BCUT2D eigenvalue weighted by Gasteiger charge is -2.46. The minimum absolute atomic E-state index is 0.202. The van der Waals surface area contributed by atoms with Crippen LogP contribution in [0.15, 0.2) is 0 Å². The Bertz CT molecular complexity index is 353. The molecule has 3 aliphatic heterocycles. The molecule has 0 spiro atoms. The van der Waals surface area contributed by atoms with E-state index >= 15 is 0 Å². The standard InChI is InChI=1S/C16H29N3O2/c20-16(21)13-18-10-8-17(9-11-18)12-14-4-3-7-19-6-2-1-5-15(14)19/h14-15H,1-13H2,(H,20,21)/t14-,15+/m0/s1. The van der Waals surface area contributed by atoms with E-state index in [0.717, 1.165) is 38.1 Å². The van der Waals surface area contributed by atoms with Gasteiger partial charge in [0.15, 0.2) is 0 Å². The number of aliphatic carboxylic acids is 1. The molecule has 3 fully saturated rings. The summed E-state index contributed by atoms with van der Waals surface area (Å²) in [6, 6.07) is 0.824. The number of piperidine rings is 2. The molecular weight excluding hydrogens is 266 g/mol. The van der Waals surface area contributed by atoms with Crippen molar-refractivity contribution in [3.63, 3.8) is 0 Å². The van der Waals surface area contributed by atoms with Crippen LogP contribution in [-0.2, 0) is 4.79 Å². The third kappa shape index (κ3) is 3.96. The van der Waals surface area contributed by atoms with Crippen molar-refractivity contribution in [1.29, 1.82) is 0 Å². The Morgan fingerprint density at radius 2 is 1.62 bits per heavy atom. The van der Waals surface area contributed by atoms with Gasteiger partial charge in [-0.05, 0) is 44.7 Å². The van der Waals surface area contributed by atoms with E-state index in [1.165, 1.54) is 51.7 Å². The molecule has 0 aromatic carbocycles. The Morgan fingerprint density at radius 1 is 0.905 bits per heavy atom. The second kappa shape index (κ2) is 7.07. The zero-order chi connectivity index (χ0) is 14.7. The van der Waals surface area contributed by atoms with Crippen molar-refractivity contribution in [1.82, 2.24) is 14.7 Å². The van der Waals surface area contributed by atoms with Gasteiger partial charge < -0.3 is 14.9 Å². The summed E-state index contributed by atoms with van der Waals surface area (Å²) in [6.07, 6.45) is 6.93. The molecule has 0 bridgehead atoms. The van der Waals surface area contributed by atoms with Crippen LogP contribution in [-0.4, -0.2) is 84.2 Å². The van der Waals surface area contributed by atoms with Gasteiger partial charge >= 0.3 is 5.97 Å². The predicted molar refractivity (Wildman–Crippen MR) is 82.5 cm³/mol. The number of piperazine rings is 1. The summed E-state index contributed by atoms with van der Waals surface area (Å²) in [5.74, 6) is 0.138. The summed E-state index contributed by atoms with van der Waals surface area (Å²) in [5, 5.41) is 8.86. The lowest BCUT2D eigenvalue weighted by molar-refractivity contribution is -0.138. The highest BCUT2D eigenvalue weighted by molar-refractivity contribution is 5.69. The molecule has 0 radical (unpaired) electrons. The maximum atomic E-state index is 10.8. The van der Waals surface area contributed by atoms with Crippen LogP contribution < -0.4 is 0 Å². The van der Waals surface area contributed by atoms with E-state index in [1.54, 1.807) is 0 Å². The van der Waals surface area contributed by atoms with Crippen LogP contribution in [0.3, 0.4) is 0 Å². The van der Waals surface area contributed by atoms with Crippen LogP contribution in [0.5, 0.6) is 0 Å². The lowest BCUT2D eigenvalue weighted by atomic mass is 9.83. The zero-order valence-corrected chi connectivity index (χ0v) is 13.0. The molecule has 3 saturated heterocycles. The highest BCUT2D eigenvalue weighted by atomic mass is 16.4. The second-order valence-electron chi connectivity index (χ2n) is 6.97. The molecule has 3 aliphatic rings. The van der Waals surface area contributed by atoms with E-state index in [4.69, 9.17) is 5.11 Å². The number of carboxylic acids is 1. The largest absolute Gasteiger partial charge is 0.480 e. The molecule has 0 aromatic rings. The van der Waals surface area contributed by atoms with E-state index in [0.29, 0.717) is 0 Å². The Labute approximate surface area is 127 Å². The fraction of sp³-hybridized carbons (Fsp3) is 0.938. The van der Waals surface area contributed by atoms with Crippen LogP contribution in [0.25, 0.3) is 0 Å². The van der Waals surface area contributed by atoms with Crippen molar-refractivity contribution in [2.75, 3.05) is 52.4 Å². The van der Waals surface area contributed by atoms with Crippen molar-refractivity contribution in [3.05, 3.63) is 0 Å². The van der Waals surface area contributed by atoms with Crippen LogP contribution in [0, 0.1) is 5.92 Å². The Balaban J connectivity index is 1.47. The quantitative estimate of drug-likeness (QED) is 0.837. The summed E-state index contributed by atoms with van der Waals surface area (Å²) >= 11 is 0. The van der Waals surface area contributed by atoms with Crippen LogP contribution in [0.1, 0.15) is 32.1 Å². The van der Waals surface area contributed by atoms with E-state index in [9.17, 15) is 4.79 Å². The Hall–Kier alpha value is -0.650. The van der Waals surface area contributed by atoms with Crippen molar-refractivity contribution < 1.29 is 9.90 Å². The minimum Gasteiger partial charge on any atom is -0.480 e. The highest BCUT2D eigenvalue weighted by Gasteiger charge is 2.34. The molecule has 0 saturated carbocycles. The second-order valence-corrected chi connectivity index (χ2v) is 6.97. The molecule has 1 N–H and O–H groups in total. The zero-order valence-electron chi connectivity index (χ0n) is 13.0. The van der Waals surface area contributed by atoms with E-state index in [-0.39, 0.29) is 6.54 Å². The minimum atomic E-state index is -0.700. The van der Waals surface area contributed by atoms with Gasteiger partial charge in [-0.15, -0.1) is 0 Å². The van der Waals surface area contributed by atoms with Crippen LogP contribution in [0.2, 0.25) is 0 Å². The normalized spacial score (nSPS) is 32.8. The van der Waals surface area contributed by atoms with Crippen LogP contribution in [0.4, 0.5) is 0 Å². The van der Waals surface area contributed by atoms with E-state index < -0.39 is 5.97 Å². The number of rotatable bonds is 4. The molecule has 0 unspecified atom stereocenters. The molecule has 120 valence electrons. The topological polar surface area (TPSA) is 47.0 Å². The average Bonchev–Trinajstić information content (AvgIpc) is 2.49. The number of nitrogens with zero attached hydrogens (tertiary/aromatic N) is 3. The first-order chi connectivity index (χ1) is 10.2. The highest BCUT2D eigenvalue weighted by Crippen LogP contribution is 2.31. The van der Waals surface area contributed by atoms with Gasteiger partial charge in [0.25, 0.3) is 0 Å². The van der Waals surface area contributed by atoms with Gasteiger partial charge in [0, 0.05) is 38.8 Å². The SMILES string of the molecule is O=C(O)CN1CCN(C[C@@H]2CCCN3CCCC[C@H]23)CC1. The Morgan fingerprint density at radius 3 is 2.38 bits per heavy atom. The maximum Gasteiger partial charge on any atom is 0.317 e. The first-order valence-electron chi connectivity index (χ1n) is 8.63. The molecule has 5 heteroatoms. The van der Waals surface area contributed by atoms with Gasteiger partial charge in [0.05, 0.1) is 6.54 Å². The fourth-order valence-corrected chi connectivity index (χ4v) is 4.44. The third-order valence-corrected chi connectivity index (χ3v) is 5.55. The van der Waals surface area contributed by atoms with Crippen molar-refractivity contribution >= 4 is 5.97 Å². The van der Waals surface area contributed by atoms with Crippen molar-refractivity contribution in [3.8, 4) is 0 Å². The van der Waals surface area contributed by atoms with Gasteiger partial charge in [-0.1, -0.05) is 6.42 Å². The molecule has 2 atom stereocenters. The van der Waals surface area contributed by atoms with E-state index in [1.807, 2.05) is 0 Å². The third-order valence-electron chi connectivity index (χ3n) is 5.55. The van der Waals surface area contributed by atoms with Gasteiger partial charge in [-0.2, -0.15) is 0 Å². The average molecular weight is 295 g/mol.